The first-order chi connectivity index (χ1) is 10.2. The number of hydrogen-bond acceptors (Lipinski definition) is 3. The van der Waals surface area contributed by atoms with Crippen LogP contribution in [0, 0.1) is 17.1 Å². The van der Waals surface area contributed by atoms with Crippen molar-refractivity contribution in [2.75, 3.05) is 7.11 Å². The van der Waals surface area contributed by atoms with Gasteiger partial charge >= 0.3 is 0 Å². The molecule has 0 aliphatic carbocycles. The Morgan fingerprint density at radius 2 is 1.95 bits per heavy atom. The fourth-order valence-corrected chi connectivity index (χ4v) is 2.26. The molecular weight excluding hydrogens is 337 g/mol. The van der Waals surface area contributed by atoms with E-state index in [1.54, 1.807) is 25.3 Å². The highest BCUT2D eigenvalue weighted by atomic mass is 79.9. The number of methoxy groups -OCH3 is 1. The van der Waals surface area contributed by atoms with Crippen molar-refractivity contribution in [3.05, 3.63) is 58.9 Å². The van der Waals surface area contributed by atoms with Crippen LogP contribution in [-0.4, -0.2) is 7.11 Å². The Hall–Kier alpha value is -2.06. The quantitative estimate of drug-likeness (QED) is 0.760. The Bertz CT molecular complexity index is 682. The van der Waals surface area contributed by atoms with E-state index >= 15 is 0 Å². The van der Waals surface area contributed by atoms with Crippen molar-refractivity contribution in [2.24, 2.45) is 0 Å². The van der Waals surface area contributed by atoms with Crippen LogP contribution in [0.2, 0.25) is 0 Å². The van der Waals surface area contributed by atoms with Gasteiger partial charge in [-0.2, -0.15) is 5.26 Å². The largest absolute Gasteiger partial charge is 0.497 e. The number of nitrogens with zero attached hydrogens (tertiary/aromatic N) is 1. The summed E-state index contributed by atoms with van der Waals surface area (Å²) in [6.45, 7) is 0.0880. The number of rotatable bonds is 5. The average Bonchev–Trinajstić information content (AvgIpc) is 2.53. The third kappa shape index (κ3) is 3.73. The van der Waals surface area contributed by atoms with Gasteiger partial charge in [0.15, 0.2) is 0 Å². The molecule has 0 aliphatic heterocycles. The highest BCUT2D eigenvalue weighted by Crippen LogP contribution is 2.27. The van der Waals surface area contributed by atoms with E-state index in [9.17, 15) is 4.39 Å². The standard InChI is InChI=1S/C16H13BrFNO2/c1-20-14-5-4-12(8-17)16(7-14)21-10-13-3-2-11(9-19)6-15(13)18/h2-7H,8,10H2,1H3. The molecule has 0 N–H and O–H groups in total. The van der Waals surface area contributed by atoms with E-state index in [0.29, 0.717) is 28.0 Å². The molecule has 0 bridgehead atoms. The number of halogens is 2. The Kier molecular flexibility index (Phi) is 5.18. The van der Waals surface area contributed by atoms with Gasteiger partial charge in [-0.1, -0.05) is 28.1 Å². The van der Waals surface area contributed by atoms with Crippen LogP contribution in [0.25, 0.3) is 0 Å². The topological polar surface area (TPSA) is 42.2 Å². The smallest absolute Gasteiger partial charge is 0.131 e. The second-order valence-electron chi connectivity index (χ2n) is 4.31. The van der Waals surface area contributed by atoms with E-state index < -0.39 is 5.82 Å². The van der Waals surface area contributed by atoms with Crippen molar-refractivity contribution in [1.82, 2.24) is 0 Å². The molecule has 2 rings (SSSR count). The van der Waals surface area contributed by atoms with Crippen molar-refractivity contribution in [3.8, 4) is 17.6 Å². The van der Waals surface area contributed by atoms with Gasteiger partial charge in [0.25, 0.3) is 0 Å². The highest BCUT2D eigenvalue weighted by Gasteiger charge is 2.08. The summed E-state index contributed by atoms with van der Waals surface area (Å²) in [6.07, 6.45) is 0. The molecule has 5 heteroatoms. The summed E-state index contributed by atoms with van der Waals surface area (Å²) in [5.41, 5.74) is 1.64. The molecule has 0 atom stereocenters. The molecule has 0 radical (unpaired) electrons. The van der Waals surface area contributed by atoms with Crippen LogP contribution < -0.4 is 9.47 Å². The van der Waals surface area contributed by atoms with Crippen LogP contribution in [0.4, 0.5) is 4.39 Å². The van der Waals surface area contributed by atoms with E-state index in [2.05, 4.69) is 15.9 Å². The molecule has 0 saturated carbocycles. The second-order valence-corrected chi connectivity index (χ2v) is 4.87. The van der Waals surface area contributed by atoms with Gasteiger partial charge in [0.2, 0.25) is 0 Å². The molecule has 0 heterocycles. The Morgan fingerprint density at radius 3 is 2.57 bits per heavy atom. The lowest BCUT2D eigenvalue weighted by molar-refractivity contribution is 0.295. The Balaban J connectivity index is 2.18. The summed E-state index contributed by atoms with van der Waals surface area (Å²) < 4.78 is 24.6. The lowest BCUT2D eigenvalue weighted by atomic mass is 10.1. The molecule has 3 nitrogen and oxygen atoms in total. The summed E-state index contributed by atoms with van der Waals surface area (Å²) in [7, 11) is 1.58. The fraction of sp³-hybridized carbons (Fsp3) is 0.188. The summed E-state index contributed by atoms with van der Waals surface area (Å²) in [6, 6.07) is 11.7. The zero-order valence-corrected chi connectivity index (χ0v) is 13.0. The van der Waals surface area contributed by atoms with Gasteiger partial charge in [-0.3, -0.25) is 0 Å². The monoisotopic (exact) mass is 349 g/mol. The van der Waals surface area contributed by atoms with E-state index in [1.807, 2.05) is 18.2 Å². The number of nitriles is 1. The van der Waals surface area contributed by atoms with Gasteiger partial charge in [0.05, 0.1) is 18.7 Å². The van der Waals surface area contributed by atoms with Crippen LogP contribution in [0.1, 0.15) is 16.7 Å². The first-order valence-corrected chi connectivity index (χ1v) is 7.34. The molecule has 2 aromatic rings. The fourth-order valence-electron chi connectivity index (χ4n) is 1.80. The van der Waals surface area contributed by atoms with Gasteiger partial charge in [-0.15, -0.1) is 0 Å². The van der Waals surface area contributed by atoms with Crippen LogP contribution in [0.5, 0.6) is 11.5 Å². The van der Waals surface area contributed by atoms with Crippen molar-refractivity contribution in [1.29, 1.82) is 5.26 Å². The van der Waals surface area contributed by atoms with E-state index in [1.165, 1.54) is 6.07 Å². The van der Waals surface area contributed by atoms with E-state index in [-0.39, 0.29) is 6.61 Å². The molecule has 0 saturated heterocycles. The van der Waals surface area contributed by atoms with Crippen LogP contribution in [0.15, 0.2) is 36.4 Å². The molecule has 21 heavy (non-hydrogen) atoms. The van der Waals surface area contributed by atoms with Crippen molar-refractivity contribution in [2.45, 2.75) is 11.9 Å². The zero-order valence-electron chi connectivity index (χ0n) is 11.4. The second kappa shape index (κ2) is 7.09. The number of hydrogen-bond donors (Lipinski definition) is 0. The highest BCUT2D eigenvalue weighted by molar-refractivity contribution is 9.08. The Morgan fingerprint density at radius 1 is 1.19 bits per heavy atom. The summed E-state index contributed by atoms with van der Waals surface area (Å²) in [5.74, 6) is 0.863. The third-order valence-corrected chi connectivity index (χ3v) is 3.59. The number of alkyl halides is 1. The lowest BCUT2D eigenvalue weighted by Gasteiger charge is -2.12. The minimum absolute atomic E-state index is 0.0880. The van der Waals surface area contributed by atoms with Crippen molar-refractivity contribution < 1.29 is 13.9 Å². The van der Waals surface area contributed by atoms with Crippen LogP contribution >= 0.6 is 15.9 Å². The van der Waals surface area contributed by atoms with Gasteiger partial charge in [-0.05, 0) is 18.2 Å². The molecule has 0 spiro atoms. The maximum absolute atomic E-state index is 13.8. The lowest BCUT2D eigenvalue weighted by Crippen LogP contribution is -2.01. The molecule has 0 aromatic heterocycles. The molecule has 2 aromatic carbocycles. The van der Waals surface area contributed by atoms with Crippen molar-refractivity contribution >= 4 is 15.9 Å². The third-order valence-electron chi connectivity index (χ3n) is 2.98. The predicted octanol–water partition coefficient (Wildman–Crippen LogP) is 4.18. The number of benzene rings is 2. The van der Waals surface area contributed by atoms with Gasteiger partial charge in [-0.25, -0.2) is 4.39 Å². The van der Waals surface area contributed by atoms with Gasteiger partial charge in [0, 0.05) is 22.5 Å². The molecule has 0 fully saturated rings. The SMILES string of the molecule is COc1ccc(CBr)c(OCc2ccc(C#N)cc2F)c1. The number of ether oxygens (including phenoxy) is 2. The molecule has 108 valence electrons. The van der Waals surface area contributed by atoms with Gasteiger partial charge < -0.3 is 9.47 Å². The predicted molar refractivity (Wildman–Crippen MR) is 81.1 cm³/mol. The summed E-state index contributed by atoms with van der Waals surface area (Å²) in [5, 5.41) is 9.35. The zero-order chi connectivity index (χ0) is 15.2. The minimum Gasteiger partial charge on any atom is -0.497 e. The Labute approximate surface area is 131 Å². The van der Waals surface area contributed by atoms with E-state index in [0.717, 1.165) is 5.56 Å². The average molecular weight is 350 g/mol. The van der Waals surface area contributed by atoms with E-state index in [4.69, 9.17) is 14.7 Å². The maximum atomic E-state index is 13.8. The molecular formula is C16H13BrFNO2. The molecule has 0 amide bonds. The van der Waals surface area contributed by atoms with Gasteiger partial charge in [0.1, 0.15) is 23.9 Å². The maximum Gasteiger partial charge on any atom is 0.131 e. The minimum atomic E-state index is -0.447. The summed E-state index contributed by atoms with van der Waals surface area (Å²) in [4.78, 5) is 0. The normalized spacial score (nSPS) is 10.0. The molecule has 0 aliphatic rings. The van der Waals surface area contributed by atoms with Crippen LogP contribution in [-0.2, 0) is 11.9 Å². The van der Waals surface area contributed by atoms with Crippen LogP contribution in [0.3, 0.4) is 0 Å². The first kappa shape index (κ1) is 15.3. The summed E-state index contributed by atoms with van der Waals surface area (Å²) >= 11 is 3.38. The first-order valence-electron chi connectivity index (χ1n) is 6.22. The van der Waals surface area contributed by atoms with Crippen molar-refractivity contribution in [3.63, 3.8) is 0 Å². The molecule has 0 unspecified atom stereocenters.